The van der Waals surface area contributed by atoms with Gasteiger partial charge in [0.2, 0.25) is 0 Å². The van der Waals surface area contributed by atoms with Gasteiger partial charge < -0.3 is 10.1 Å². The van der Waals surface area contributed by atoms with Gasteiger partial charge in [-0.25, -0.2) is 4.98 Å². The molecule has 27 heavy (non-hydrogen) atoms. The fraction of sp³-hybridized carbons (Fsp3) is 0.0909. The summed E-state index contributed by atoms with van der Waals surface area (Å²) in [6, 6.07) is 23.4. The van der Waals surface area contributed by atoms with Crippen LogP contribution in [0.15, 0.2) is 72.8 Å². The Morgan fingerprint density at radius 3 is 2.48 bits per heavy atom. The summed E-state index contributed by atoms with van der Waals surface area (Å²) in [5, 5.41) is 3.82. The SMILES string of the molecule is Cc1ccc(OCC(=O)Nc2ccc(-c3nc4ccccc4s3)cc2)cc1. The van der Waals surface area contributed by atoms with Crippen molar-refractivity contribution in [1.82, 2.24) is 4.98 Å². The molecule has 5 heteroatoms. The molecule has 0 saturated carbocycles. The van der Waals surface area contributed by atoms with E-state index in [0.717, 1.165) is 32.0 Å². The first kappa shape index (κ1) is 17.2. The van der Waals surface area contributed by atoms with Crippen molar-refractivity contribution >= 4 is 33.1 Å². The van der Waals surface area contributed by atoms with Gasteiger partial charge >= 0.3 is 0 Å². The molecule has 1 N–H and O–H groups in total. The van der Waals surface area contributed by atoms with Crippen LogP contribution in [0.5, 0.6) is 5.75 Å². The predicted molar refractivity (Wildman–Crippen MR) is 110 cm³/mol. The third-order valence-corrected chi connectivity index (χ3v) is 5.19. The smallest absolute Gasteiger partial charge is 0.262 e. The van der Waals surface area contributed by atoms with Crippen LogP contribution in [0.2, 0.25) is 0 Å². The summed E-state index contributed by atoms with van der Waals surface area (Å²) in [6.07, 6.45) is 0. The molecule has 1 amide bonds. The Balaban J connectivity index is 1.38. The zero-order valence-electron chi connectivity index (χ0n) is 14.8. The van der Waals surface area contributed by atoms with Gasteiger partial charge in [0.05, 0.1) is 10.2 Å². The first-order valence-corrected chi connectivity index (χ1v) is 9.44. The van der Waals surface area contributed by atoms with Crippen molar-refractivity contribution < 1.29 is 9.53 Å². The minimum atomic E-state index is -0.191. The third-order valence-electron chi connectivity index (χ3n) is 4.10. The molecular formula is C22H18N2O2S. The summed E-state index contributed by atoms with van der Waals surface area (Å²) in [7, 11) is 0. The van der Waals surface area contributed by atoms with Gasteiger partial charge in [-0.2, -0.15) is 0 Å². The van der Waals surface area contributed by atoms with Gasteiger partial charge in [-0.3, -0.25) is 4.79 Å². The molecule has 134 valence electrons. The number of aromatic nitrogens is 1. The molecule has 1 aromatic heterocycles. The highest BCUT2D eigenvalue weighted by atomic mass is 32.1. The largest absolute Gasteiger partial charge is 0.484 e. The Kier molecular flexibility index (Phi) is 4.85. The van der Waals surface area contributed by atoms with E-state index in [1.54, 1.807) is 11.3 Å². The van der Waals surface area contributed by atoms with Gasteiger partial charge in [0.1, 0.15) is 10.8 Å². The number of hydrogen-bond donors (Lipinski definition) is 1. The van der Waals surface area contributed by atoms with E-state index >= 15 is 0 Å². The van der Waals surface area contributed by atoms with Crippen molar-refractivity contribution in [2.75, 3.05) is 11.9 Å². The number of carbonyl (C=O) groups is 1. The Hall–Kier alpha value is -3.18. The minimum Gasteiger partial charge on any atom is -0.484 e. The quantitative estimate of drug-likeness (QED) is 0.516. The number of hydrogen-bond acceptors (Lipinski definition) is 4. The zero-order valence-corrected chi connectivity index (χ0v) is 15.6. The molecule has 1 heterocycles. The summed E-state index contributed by atoms with van der Waals surface area (Å²) in [6.45, 7) is 1.98. The zero-order chi connectivity index (χ0) is 18.6. The minimum absolute atomic E-state index is 0.0251. The highest BCUT2D eigenvalue weighted by molar-refractivity contribution is 7.21. The fourth-order valence-electron chi connectivity index (χ4n) is 2.67. The summed E-state index contributed by atoms with van der Waals surface area (Å²) in [5.41, 5.74) is 3.92. The molecule has 0 atom stereocenters. The predicted octanol–water partition coefficient (Wildman–Crippen LogP) is 5.29. The molecule has 4 nitrogen and oxygen atoms in total. The van der Waals surface area contributed by atoms with E-state index in [1.165, 1.54) is 0 Å². The molecule has 3 aromatic carbocycles. The van der Waals surface area contributed by atoms with Crippen LogP contribution in [0, 0.1) is 6.92 Å². The van der Waals surface area contributed by atoms with Gasteiger partial charge in [-0.05, 0) is 55.5 Å². The van der Waals surface area contributed by atoms with Crippen LogP contribution < -0.4 is 10.1 Å². The average molecular weight is 374 g/mol. The van der Waals surface area contributed by atoms with Gasteiger partial charge in [0.25, 0.3) is 5.91 Å². The number of ether oxygens (including phenoxy) is 1. The lowest BCUT2D eigenvalue weighted by Crippen LogP contribution is -2.20. The number of para-hydroxylation sites is 1. The lowest BCUT2D eigenvalue weighted by atomic mass is 10.2. The fourth-order valence-corrected chi connectivity index (χ4v) is 3.64. The molecule has 0 spiro atoms. The number of rotatable bonds is 5. The summed E-state index contributed by atoms with van der Waals surface area (Å²) in [5.74, 6) is 0.491. The maximum Gasteiger partial charge on any atom is 0.262 e. The van der Waals surface area contributed by atoms with Gasteiger partial charge in [0, 0.05) is 11.3 Å². The van der Waals surface area contributed by atoms with E-state index in [1.807, 2.05) is 73.7 Å². The molecule has 0 aliphatic rings. The second-order valence-electron chi connectivity index (χ2n) is 6.21. The monoisotopic (exact) mass is 374 g/mol. The summed E-state index contributed by atoms with van der Waals surface area (Å²) in [4.78, 5) is 16.7. The third kappa shape index (κ3) is 4.15. The van der Waals surface area contributed by atoms with Crippen molar-refractivity contribution in [3.63, 3.8) is 0 Å². The lowest BCUT2D eigenvalue weighted by Gasteiger charge is -2.08. The van der Waals surface area contributed by atoms with E-state index in [-0.39, 0.29) is 12.5 Å². The maximum absolute atomic E-state index is 12.1. The van der Waals surface area contributed by atoms with Crippen molar-refractivity contribution in [2.45, 2.75) is 6.92 Å². The molecule has 0 radical (unpaired) electrons. The Morgan fingerprint density at radius 1 is 1.00 bits per heavy atom. The number of anilines is 1. The topological polar surface area (TPSA) is 51.2 Å². The van der Waals surface area contributed by atoms with Crippen LogP contribution in [0.4, 0.5) is 5.69 Å². The molecule has 4 rings (SSSR count). The van der Waals surface area contributed by atoms with Crippen molar-refractivity contribution in [3.05, 3.63) is 78.4 Å². The summed E-state index contributed by atoms with van der Waals surface area (Å²) < 4.78 is 6.67. The number of carbonyl (C=O) groups excluding carboxylic acids is 1. The van der Waals surface area contributed by atoms with E-state index in [0.29, 0.717) is 5.75 Å². The number of nitrogens with one attached hydrogen (secondary N) is 1. The number of aryl methyl sites for hydroxylation is 1. The molecule has 0 bridgehead atoms. The van der Waals surface area contributed by atoms with Crippen LogP contribution in [0.3, 0.4) is 0 Å². The molecule has 0 unspecified atom stereocenters. The number of nitrogens with zero attached hydrogens (tertiary/aromatic N) is 1. The second kappa shape index (κ2) is 7.60. The van der Waals surface area contributed by atoms with E-state index in [2.05, 4.69) is 16.4 Å². The number of benzene rings is 3. The normalized spacial score (nSPS) is 10.7. The van der Waals surface area contributed by atoms with E-state index in [9.17, 15) is 4.79 Å². The highest BCUT2D eigenvalue weighted by Gasteiger charge is 2.07. The first-order chi connectivity index (χ1) is 13.2. The molecule has 0 saturated heterocycles. The molecule has 0 fully saturated rings. The molecule has 0 aliphatic heterocycles. The maximum atomic E-state index is 12.1. The number of thiazole rings is 1. The molecule has 4 aromatic rings. The van der Waals surface area contributed by atoms with Crippen molar-refractivity contribution in [3.8, 4) is 16.3 Å². The van der Waals surface area contributed by atoms with Crippen molar-refractivity contribution in [2.24, 2.45) is 0 Å². The Bertz CT molecular complexity index is 1040. The van der Waals surface area contributed by atoms with Gasteiger partial charge in [-0.15, -0.1) is 11.3 Å². The highest BCUT2D eigenvalue weighted by Crippen LogP contribution is 2.30. The lowest BCUT2D eigenvalue weighted by molar-refractivity contribution is -0.118. The Labute approximate surface area is 161 Å². The first-order valence-electron chi connectivity index (χ1n) is 8.63. The number of fused-ring (bicyclic) bond motifs is 1. The van der Waals surface area contributed by atoms with Crippen LogP contribution in [0.25, 0.3) is 20.8 Å². The standard InChI is InChI=1S/C22H18N2O2S/c1-15-6-12-18(13-7-15)26-14-21(25)23-17-10-8-16(9-11-17)22-24-19-4-2-3-5-20(19)27-22/h2-13H,14H2,1H3,(H,23,25). The van der Waals surface area contributed by atoms with E-state index < -0.39 is 0 Å². The van der Waals surface area contributed by atoms with Gasteiger partial charge in [-0.1, -0.05) is 29.8 Å². The van der Waals surface area contributed by atoms with Crippen LogP contribution in [0.1, 0.15) is 5.56 Å². The number of amides is 1. The van der Waals surface area contributed by atoms with Crippen molar-refractivity contribution in [1.29, 1.82) is 0 Å². The summed E-state index contributed by atoms with van der Waals surface area (Å²) >= 11 is 1.66. The van der Waals surface area contributed by atoms with Crippen LogP contribution >= 0.6 is 11.3 Å². The van der Waals surface area contributed by atoms with Gasteiger partial charge in [0.15, 0.2) is 6.61 Å². The Morgan fingerprint density at radius 2 is 1.74 bits per heavy atom. The average Bonchev–Trinajstić information content (AvgIpc) is 3.12. The van der Waals surface area contributed by atoms with Crippen LogP contribution in [-0.2, 0) is 4.79 Å². The van der Waals surface area contributed by atoms with Crippen LogP contribution in [-0.4, -0.2) is 17.5 Å². The molecular weight excluding hydrogens is 356 g/mol. The second-order valence-corrected chi connectivity index (χ2v) is 7.24. The molecule has 0 aliphatic carbocycles. The van der Waals surface area contributed by atoms with E-state index in [4.69, 9.17) is 4.74 Å².